The minimum absolute atomic E-state index is 0.157. The molecule has 0 unspecified atom stereocenters. The Morgan fingerprint density at radius 1 is 0.618 bits per heavy atom. The number of nitrogens with zero attached hydrogens (tertiary/aromatic N) is 1. The van der Waals surface area contributed by atoms with Gasteiger partial charge in [-0.1, -0.05) is 0 Å². The van der Waals surface area contributed by atoms with Gasteiger partial charge in [-0.2, -0.15) is 0 Å². The summed E-state index contributed by atoms with van der Waals surface area (Å²) < 4.78 is 4.70. The molecule has 0 atom stereocenters. The van der Waals surface area contributed by atoms with E-state index in [1.54, 1.807) is 6.07 Å². The topological polar surface area (TPSA) is 39.1 Å². The summed E-state index contributed by atoms with van der Waals surface area (Å²) in [5.41, 5.74) is 3.73. The zero-order valence-electron chi connectivity index (χ0n) is 18.0. The molecule has 2 heterocycles. The molecule has 7 rings (SSSR count). The van der Waals surface area contributed by atoms with Gasteiger partial charge in [0.25, 0.3) is 0 Å². The predicted octanol–water partition coefficient (Wildman–Crippen LogP) is 6.46. The second kappa shape index (κ2) is 7.40. The van der Waals surface area contributed by atoms with Crippen molar-refractivity contribution in [2.75, 3.05) is 0 Å². The van der Waals surface area contributed by atoms with Crippen LogP contribution in [0, 0.1) is 0 Å². The van der Waals surface area contributed by atoms with E-state index in [2.05, 4.69) is 65.2 Å². The van der Waals surface area contributed by atoms with Crippen LogP contribution in [-0.2, 0) is 0 Å². The van der Waals surface area contributed by atoms with E-state index in [1.165, 1.54) is 25.5 Å². The molecule has 0 aliphatic heterocycles. The van der Waals surface area contributed by atoms with Gasteiger partial charge in [0, 0.05) is 0 Å². The van der Waals surface area contributed by atoms with Crippen LogP contribution in [0.25, 0.3) is 42.4 Å². The third-order valence-electron chi connectivity index (χ3n) is 6.59. The number of Topliss-reactive ketones (excluding diaryl/α,β-unsaturated/α-hetero) is 2. The normalized spacial score (nSPS) is 14.6. The van der Waals surface area contributed by atoms with Crippen LogP contribution in [0.5, 0.6) is 0 Å². The summed E-state index contributed by atoms with van der Waals surface area (Å²) in [7, 11) is 0. The monoisotopic (exact) mass is 553 g/mol. The maximum atomic E-state index is 13.3. The second-order valence-electron chi connectivity index (χ2n) is 8.47. The first-order chi connectivity index (χ1) is 16.7. The molecule has 6 aromatic rings. The molecule has 3 nitrogen and oxygen atoms in total. The average molecular weight is 551 g/mol. The zero-order valence-corrected chi connectivity index (χ0v) is 20.3. The number of benzene rings is 4. The van der Waals surface area contributed by atoms with E-state index in [9.17, 15) is 9.59 Å². The molecule has 1 aliphatic carbocycles. The Kier molecular flexibility index (Phi) is 4.29. The molecule has 0 amide bonds. The first-order valence-corrected chi connectivity index (χ1v) is 13.4. The fourth-order valence-electron chi connectivity index (χ4n) is 5.06. The summed E-state index contributed by atoms with van der Waals surface area (Å²) in [6.45, 7) is 0. The van der Waals surface area contributed by atoms with Gasteiger partial charge in [0.2, 0.25) is 0 Å². The number of rotatable bonds is 2. The van der Waals surface area contributed by atoms with E-state index in [4.69, 9.17) is 0 Å². The van der Waals surface area contributed by atoms with Gasteiger partial charge in [-0.05, 0) is 0 Å². The number of carbonyl (C=O) groups excluding carboxylic acids is 2. The molecule has 0 spiro atoms. The molecule has 4 aromatic carbocycles. The molecule has 0 N–H and O–H groups in total. The van der Waals surface area contributed by atoms with Crippen LogP contribution in [0.2, 0.25) is 0 Å². The van der Waals surface area contributed by atoms with Crippen molar-refractivity contribution < 1.29 is 9.59 Å². The van der Waals surface area contributed by atoms with Gasteiger partial charge in [0.05, 0.1) is 0 Å². The SMILES string of the molecule is O=C1/C(=C\c2ccc(-n3c4ccccc4c4ccccc43)[te]2)C(=O)c2c1ccc1ccccc21. The number of aromatic nitrogens is 1. The van der Waals surface area contributed by atoms with Crippen LogP contribution < -0.4 is 0 Å². The fourth-order valence-corrected chi connectivity index (χ4v) is 7.85. The molecule has 1 aliphatic rings. The van der Waals surface area contributed by atoms with Crippen molar-refractivity contribution in [1.82, 2.24) is 4.57 Å². The van der Waals surface area contributed by atoms with Crippen molar-refractivity contribution in [2.45, 2.75) is 0 Å². The first-order valence-electron chi connectivity index (χ1n) is 11.1. The van der Waals surface area contributed by atoms with Crippen molar-refractivity contribution >= 4 is 70.7 Å². The molecule has 0 fully saturated rings. The summed E-state index contributed by atoms with van der Waals surface area (Å²) in [5.74, 6) is -0.320. The Labute approximate surface area is 205 Å². The first kappa shape index (κ1) is 19.7. The van der Waals surface area contributed by atoms with Gasteiger partial charge in [0.1, 0.15) is 0 Å². The molecule has 4 heteroatoms. The summed E-state index contributed by atoms with van der Waals surface area (Å²) in [5, 5.41) is 4.30. The Bertz CT molecular complexity index is 1800. The fraction of sp³-hybridized carbons (Fsp3) is 0. The number of fused-ring (bicyclic) bond motifs is 6. The number of allylic oxidation sites excluding steroid dienone is 1. The van der Waals surface area contributed by atoms with Crippen LogP contribution in [0.15, 0.2) is 103 Å². The quantitative estimate of drug-likeness (QED) is 0.141. The standard InChI is InChI=1S/C30H17NO2Te/c32-29-23-15-13-18-7-1-2-8-20(18)28(23)30(33)24(29)17-19-14-16-27(34-19)31-25-11-5-3-9-21(25)22-10-4-6-12-26(22)31/h1-17H/b24-17+. The molecule has 0 saturated heterocycles. The number of carbonyl (C=O) groups is 2. The van der Waals surface area contributed by atoms with Gasteiger partial charge in [-0.3, -0.25) is 0 Å². The predicted molar refractivity (Wildman–Crippen MR) is 138 cm³/mol. The average Bonchev–Trinajstić information content (AvgIpc) is 3.54. The van der Waals surface area contributed by atoms with Gasteiger partial charge >= 0.3 is 206 Å². The van der Waals surface area contributed by atoms with E-state index in [0.29, 0.717) is 16.7 Å². The second-order valence-corrected chi connectivity index (χ2v) is 11.6. The van der Waals surface area contributed by atoms with Crippen LogP contribution in [0.3, 0.4) is 0 Å². The number of hydrogen-bond acceptors (Lipinski definition) is 2. The van der Waals surface area contributed by atoms with Crippen LogP contribution >= 0.6 is 0 Å². The van der Waals surface area contributed by atoms with E-state index < -0.39 is 20.4 Å². The molecule has 34 heavy (non-hydrogen) atoms. The molecule has 0 bridgehead atoms. The summed E-state index contributed by atoms with van der Waals surface area (Å²) in [6, 6.07) is 32.6. The Morgan fingerprint density at radius 3 is 2.00 bits per heavy atom. The third kappa shape index (κ3) is 2.77. The molecular weight excluding hydrogens is 534 g/mol. The number of ketones is 2. The number of para-hydroxylation sites is 2. The van der Waals surface area contributed by atoms with Crippen molar-refractivity contribution in [2.24, 2.45) is 0 Å². The van der Waals surface area contributed by atoms with E-state index >= 15 is 0 Å². The Balaban J connectivity index is 1.36. The Morgan fingerprint density at radius 2 is 1.26 bits per heavy atom. The van der Waals surface area contributed by atoms with Crippen LogP contribution in [-0.4, -0.2) is 36.6 Å². The van der Waals surface area contributed by atoms with Crippen molar-refractivity contribution in [1.29, 1.82) is 0 Å². The minimum atomic E-state index is -0.777. The third-order valence-corrected chi connectivity index (χ3v) is 9.49. The van der Waals surface area contributed by atoms with Crippen molar-refractivity contribution in [3.8, 4) is 3.70 Å². The van der Waals surface area contributed by atoms with Gasteiger partial charge in [0.15, 0.2) is 0 Å². The van der Waals surface area contributed by atoms with Crippen molar-refractivity contribution in [3.05, 3.63) is 117 Å². The van der Waals surface area contributed by atoms with Crippen LogP contribution in [0.1, 0.15) is 24.3 Å². The van der Waals surface area contributed by atoms with E-state index in [-0.39, 0.29) is 11.6 Å². The van der Waals surface area contributed by atoms with Gasteiger partial charge in [-0.15, -0.1) is 0 Å². The summed E-state index contributed by atoms with van der Waals surface area (Å²) >= 11 is -0.777. The van der Waals surface area contributed by atoms with Gasteiger partial charge < -0.3 is 0 Å². The number of hydrogen-bond donors (Lipinski definition) is 0. The van der Waals surface area contributed by atoms with Crippen molar-refractivity contribution in [3.63, 3.8) is 0 Å². The zero-order chi connectivity index (χ0) is 22.8. The maximum absolute atomic E-state index is 13.3. The summed E-state index contributed by atoms with van der Waals surface area (Å²) in [4.78, 5) is 26.5. The molecular formula is C30H17NO2Te. The van der Waals surface area contributed by atoms with E-state index in [1.807, 2.05) is 36.4 Å². The molecule has 0 radical (unpaired) electrons. The summed E-state index contributed by atoms with van der Waals surface area (Å²) in [6.07, 6.45) is 1.85. The Hall–Kier alpha value is -3.71. The van der Waals surface area contributed by atoms with E-state index in [0.717, 1.165) is 14.4 Å². The molecule has 2 aromatic heterocycles. The molecule has 0 saturated carbocycles. The van der Waals surface area contributed by atoms with Crippen LogP contribution in [0.4, 0.5) is 0 Å². The molecule has 160 valence electrons. The van der Waals surface area contributed by atoms with Gasteiger partial charge in [-0.25, -0.2) is 0 Å².